The number of carbonyl (C=O) groups is 2. The summed E-state index contributed by atoms with van der Waals surface area (Å²) in [6.07, 6.45) is 6.74. The standard InChI is InChI=1S/C30H30FN5O3/c1-3-39-29(38)22-18-33-36-26(22)32-17-21(27(36)34-25-16-19(2)8-9-24(25)31)28(37)35-14-12-30(13-15-35)11-10-20-6-4-5-7-23(20)30/h4-9,16-18,34H,3,10-15H2,1-2H3. The maximum Gasteiger partial charge on any atom is 0.343 e. The Morgan fingerprint density at radius 1 is 1.08 bits per heavy atom. The van der Waals surface area contributed by atoms with Gasteiger partial charge in [0.1, 0.15) is 22.8 Å². The number of hydrogen-bond acceptors (Lipinski definition) is 6. The molecule has 2 aliphatic rings. The molecule has 0 unspecified atom stereocenters. The summed E-state index contributed by atoms with van der Waals surface area (Å²) >= 11 is 0. The van der Waals surface area contributed by atoms with Gasteiger partial charge in [0.05, 0.1) is 18.5 Å². The fourth-order valence-electron chi connectivity index (χ4n) is 6.01. The summed E-state index contributed by atoms with van der Waals surface area (Å²) in [7, 11) is 0. The van der Waals surface area contributed by atoms with Crippen molar-refractivity contribution in [3.05, 3.63) is 88.5 Å². The van der Waals surface area contributed by atoms with E-state index < -0.39 is 11.8 Å². The Morgan fingerprint density at radius 3 is 2.67 bits per heavy atom. The number of aryl methyl sites for hydroxylation is 2. The zero-order valence-corrected chi connectivity index (χ0v) is 22.0. The summed E-state index contributed by atoms with van der Waals surface area (Å²) in [5.74, 6) is -1.00. The number of amides is 1. The molecule has 0 saturated carbocycles. The molecule has 0 bridgehead atoms. The van der Waals surface area contributed by atoms with Crippen molar-refractivity contribution in [3.8, 4) is 0 Å². The molecular weight excluding hydrogens is 497 g/mol. The van der Waals surface area contributed by atoms with Crippen LogP contribution in [-0.2, 0) is 16.6 Å². The van der Waals surface area contributed by atoms with Crippen molar-refractivity contribution in [1.82, 2.24) is 19.5 Å². The van der Waals surface area contributed by atoms with Crippen molar-refractivity contribution >= 4 is 29.0 Å². The van der Waals surface area contributed by atoms with Crippen LogP contribution in [0, 0.1) is 12.7 Å². The second kappa shape index (κ2) is 9.80. The number of piperidine rings is 1. The summed E-state index contributed by atoms with van der Waals surface area (Å²) < 4.78 is 21.3. The lowest BCUT2D eigenvalue weighted by Gasteiger charge is -2.40. The molecule has 0 radical (unpaired) electrons. The number of rotatable bonds is 5. The molecule has 1 N–H and O–H groups in total. The van der Waals surface area contributed by atoms with Crippen molar-refractivity contribution in [3.63, 3.8) is 0 Å². The number of benzene rings is 2. The van der Waals surface area contributed by atoms with E-state index in [1.165, 1.54) is 34.1 Å². The van der Waals surface area contributed by atoms with E-state index in [-0.39, 0.29) is 46.2 Å². The number of likely N-dealkylation sites (tertiary alicyclic amines) is 1. The minimum Gasteiger partial charge on any atom is -0.462 e. The second-order valence-corrected chi connectivity index (χ2v) is 10.4. The third-order valence-corrected chi connectivity index (χ3v) is 8.10. The molecule has 1 aliphatic heterocycles. The van der Waals surface area contributed by atoms with Crippen LogP contribution < -0.4 is 5.32 Å². The quantitative estimate of drug-likeness (QED) is 0.358. The number of nitrogens with zero attached hydrogens (tertiary/aromatic N) is 4. The van der Waals surface area contributed by atoms with Crippen LogP contribution in [0.1, 0.15) is 63.6 Å². The highest BCUT2D eigenvalue weighted by Gasteiger charge is 2.42. The average Bonchev–Trinajstić information content (AvgIpc) is 3.54. The molecule has 2 aromatic carbocycles. The Hall–Kier alpha value is -4.27. The van der Waals surface area contributed by atoms with Gasteiger partial charge in [-0.15, -0.1) is 0 Å². The Labute approximate surface area is 225 Å². The van der Waals surface area contributed by atoms with Crippen molar-refractivity contribution in [1.29, 1.82) is 0 Å². The molecule has 0 atom stereocenters. The predicted molar refractivity (Wildman–Crippen MR) is 145 cm³/mol. The molecule has 4 aromatic rings. The molecule has 9 heteroatoms. The zero-order valence-electron chi connectivity index (χ0n) is 22.0. The van der Waals surface area contributed by atoms with E-state index in [0.29, 0.717) is 13.1 Å². The van der Waals surface area contributed by atoms with Gasteiger partial charge in [0, 0.05) is 19.3 Å². The van der Waals surface area contributed by atoms with Crippen molar-refractivity contribution < 1.29 is 18.7 Å². The van der Waals surface area contributed by atoms with Crippen LogP contribution in [0.3, 0.4) is 0 Å². The Bertz CT molecular complexity index is 1590. The van der Waals surface area contributed by atoms with Crippen LogP contribution in [0.25, 0.3) is 5.65 Å². The van der Waals surface area contributed by atoms with E-state index in [1.54, 1.807) is 19.1 Å². The highest BCUT2D eigenvalue weighted by molar-refractivity contribution is 6.01. The average molecular weight is 528 g/mol. The topological polar surface area (TPSA) is 88.8 Å². The number of hydrogen-bond donors (Lipinski definition) is 1. The molecular formula is C30H30FN5O3. The molecule has 200 valence electrons. The molecule has 2 aromatic heterocycles. The number of esters is 1. The highest BCUT2D eigenvalue weighted by atomic mass is 19.1. The third-order valence-electron chi connectivity index (χ3n) is 8.10. The molecule has 1 fully saturated rings. The van der Waals surface area contributed by atoms with E-state index >= 15 is 0 Å². The predicted octanol–water partition coefficient (Wildman–Crippen LogP) is 5.22. The van der Waals surface area contributed by atoms with Gasteiger partial charge in [0.25, 0.3) is 5.91 Å². The van der Waals surface area contributed by atoms with Gasteiger partial charge >= 0.3 is 5.97 Å². The zero-order chi connectivity index (χ0) is 27.1. The van der Waals surface area contributed by atoms with E-state index in [2.05, 4.69) is 39.7 Å². The summed E-state index contributed by atoms with van der Waals surface area (Å²) in [6, 6.07) is 13.3. The van der Waals surface area contributed by atoms with Crippen LogP contribution in [0.5, 0.6) is 0 Å². The first-order valence-corrected chi connectivity index (χ1v) is 13.3. The van der Waals surface area contributed by atoms with Gasteiger partial charge in [-0.2, -0.15) is 9.61 Å². The summed E-state index contributed by atoms with van der Waals surface area (Å²) in [4.78, 5) is 32.7. The minimum atomic E-state index is -0.565. The van der Waals surface area contributed by atoms with Crippen LogP contribution in [0.4, 0.5) is 15.9 Å². The maximum atomic E-state index is 14.8. The Morgan fingerprint density at radius 2 is 1.87 bits per heavy atom. The van der Waals surface area contributed by atoms with Crippen LogP contribution >= 0.6 is 0 Å². The summed E-state index contributed by atoms with van der Waals surface area (Å²) in [5, 5.41) is 7.42. The van der Waals surface area contributed by atoms with Crippen LogP contribution in [-0.4, -0.2) is 51.1 Å². The fraction of sp³-hybridized carbons (Fsp3) is 0.333. The number of nitrogens with one attached hydrogen (secondary N) is 1. The van der Waals surface area contributed by atoms with Crippen molar-refractivity contribution in [2.45, 2.75) is 44.9 Å². The monoisotopic (exact) mass is 527 g/mol. The number of ether oxygens (including phenoxy) is 1. The lowest BCUT2D eigenvalue weighted by atomic mass is 9.74. The van der Waals surface area contributed by atoms with Gasteiger partial charge in [0.2, 0.25) is 0 Å². The molecule has 39 heavy (non-hydrogen) atoms. The highest BCUT2D eigenvalue weighted by Crippen LogP contribution is 2.46. The van der Waals surface area contributed by atoms with Gasteiger partial charge in [-0.1, -0.05) is 30.3 Å². The molecule has 1 saturated heterocycles. The number of halogens is 1. The fourth-order valence-corrected chi connectivity index (χ4v) is 6.01. The van der Waals surface area contributed by atoms with E-state index in [1.807, 2.05) is 11.8 Å². The lowest BCUT2D eigenvalue weighted by Crippen LogP contribution is -2.44. The molecule has 3 heterocycles. The van der Waals surface area contributed by atoms with E-state index in [4.69, 9.17) is 4.74 Å². The molecule has 8 nitrogen and oxygen atoms in total. The van der Waals surface area contributed by atoms with E-state index in [0.717, 1.165) is 31.2 Å². The van der Waals surface area contributed by atoms with E-state index in [9.17, 15) is 14.0 Å². The second-order valence-electron chi connectivity index (χ2n) is 10.4. The number of aromatic nitrogens is 3. The largest absolute Gasteiger partial charge is 0.462 e. The van der Waals surface area contributed by atoms with Gasteiger partial charge in [-0.3, -0.25) is 4.79 Å². The minimum absolute atomic E-state index is 0.109. The van der Waals surface area contributed by atoms with Crippen LogP contribution in [0.2, 0.25) is 0 Å². The Kier molecular flexibility index (Phi) is 6.29. The van der Waals surface area contributed by atoms with Gasteiger partial charge < -0.3 is 15.0 Å². The Balaban J connectivity index is 1.35. The van der Waals surface area contributed by atoms with Crippen LogP contribution in [0.15, 0.2) is 54.9 Å². The molecule has 1 amide bonds. The first kappa shape index (κ1) is 25.0. The first-order valence-electron chi connectivity index (χ1n) is 13.3. The molecule has 6 rings (SSSR count). The smallest absolute Gasteiger partial charge is 0.343 e. The van der Waals surface area contributed by atoms with Gasteiger partial charge in [-0.25, -0.2) is 14.2 Å². The SMILES string of the molecule is CCOC(=O)c1cnn2c(Nc3cc(C)ccc3F)c(C(=O)N3CCC4(CCc5ccccc54)CC3)cnc12. The summed E-state index contributed by atoms with van der Waals surface area (Å²) in [6.45, 7) is 4.99. The summed E-state index contributed by atoms with van der Waals surface area (Å²) in [5.41, 5.74) is 4.63. The molecule has 1 spiro atoms. The lowest BCUT2D eigenvalue weighted by molar-refractivity contribution is 0.0528. The van der Waals surface area contributed by atoms with Crippen molar-refractivity contribution in [2.75, 3.05) is 25.0 Å². The van der Waals surface area contributed by atoms with Crippen molar-refractivity contribution in [2.24, 2.45) is 0 Å². The number of fused-ring (bicyclic) bond motifs is 3. The maximum absolute atomic E-state index is 14.8. The molecule has 1 aliphatic carbocycles. The van der Waals surface area contributed by atoms with Gasteiger partial charge in [-0.05, 0) is 73.8 Å². The number of carbonyl (C=O) groups excluding carboxylic acids is 2. The normalized spacial score (nSPS) is 15.9. The first-order chi connectivity index (χ1) is 18.9. The number of anilines is 2. The van der Waals surface area contributed by atoms with Gasteiger partial charge in [0.15, 0.2) is 5.65 Å². The third kappa shape index (κ3) is 4.31.